The lowest BCUT2D eigenvalue weighted by atomic mass is 9.76. The number of aliphatic hydroxyl groups is 1. The van der Waals surface area contributed by atoms with Crippen LogP contribution in [0.3, 0.4) is 0 Å². The minimum atomic E-state index is -0.490. The molecular weight excluding hydrogens is 478 g/mol. The van der Waals surface area contributed by atoms with Crippen molar-refractivity contribution in [3.05, 3.63) is 92.6 Å². The second-order valence-corrected chi connectivity index (χ2v) is 9.52. The molecule has 1 aromatic heterocycles. The van der Waals surface area contributed by atoms with Gasteiger partial charge >= 0.3 is 0 Å². The van der Waals surface area contributed by atoms with Crippen LogP contribution < -0.4 is 10.3 Å². The highest BCUT2D eigenvalue weighted by atomic mass is 35.5. The van der Waals surface area contributed by atoms with E-state index in [1.807, 2.05) is 54.6 Å². The Kier molecular flexibility index (Phi) is 9.29. The summed E-state index contributed by atoms with van der Waals surface area (Å²) in [5, 5.41) is 9.98. The zero-order chi connectivity index (χ0) is 24.8. The van der Waals surface area contributed by atoms with E-state index in [0.29, 0.717) is 17.3 Å². The average Bonchev–Trinajstić information content (AvgIpc) is 3.33. The highest BCUT2D eigenvalue weighted by molar-refractivity contribution is 6.30. The van der Waals surface area contributed by atoms with Crippen molar-refractivity contribution in [2.24, 2.45) is 0 Å². The quantitative estimate of drug-likeness (QED) is 0.432. The molecule has 3 aromatic rings. The molecule has 0 radical (unpaired) electrons. The van der Waals surface area contributed by atoms with Gasteiger partial charge in [-0.3, -0.25) is 9.59 Å². The largest absolute Gasteiger partial charge is 0.481 e. The van der Waals surface area contributed by atoms with Crippen LogP contribution in [0, 0.1) is 0 Å². The van der Waals surface area contributed by atoms with Crippen LogP contribution in [0.15, 0.2) is 59.4 Å². The summed E-state index contributed by atoms with van der Waals surface area (Å²) in [5.41, 5.74) is 1.29. The SMILES string of the molecule is C.CN(CCO)C(=O)c1nc(CC2(c3ccc(Cl)cc3)CCCC2)[nH]c(=O)c1OCc1ccccc1. The molecule has 192 valence electrons. The lowest BCUT2D eigenvalue weighted by molar-refractivity contribution is 0.0754. The first-order chi connectivity index (χ1) is 16.9. The van der Waals surface area contributed by atoms with Gasteiger partial charge in [-0.1, -0.05) is 74.3 Å². The first kappa shape index (κ1) is 27.4. The van der Waals surface area contributed by atoms with Crippen molar-refractivity contribution in [2.45, 2.75) is 51.6 Å². The van der Waals surface area contributed by atoms with Gasteiger partial charge in [0, 0.05) is 30.5 Å². The summed E-state index contributed by atoms with van der Waals surface area (Å²) in [6.45, 7) is 0.0529. The van der Waals surface area contributed by atoms with E-state index in [-0.39, 0.29) is 44.0 Å². The number of carbonyl (C=O) groups excluding carboxylic acids is 1. The molecule has 1 aliphatic rings. The maximum atomic E-state index is 13.2. The van der Waals surface area contributed by atoms with Gasteiger partial charge in [0.1, 0.15) is 12.4 Å². The Bertz CT molecular complexity index is 1210. The monoisotopic (exact) mass is 511 g/mol. The molecule has 7 nitrogen and oxygen atoms in total. The number of H-pyrrole nitrogens is 1. The normalized spacial score (nSPS) is 14.2. The van der Waals surface area contributed by atoms with Gasteiger partial charge in [0.05, 0.1) is 6.61 Å². The second-order valence-electron chi connectivity index (χ2n) is 9.09. The summed E-state index contributed by atoms with van der Waals surface area (Å²) in [7, 11) is 1.56. The molecule has 4 rings (SSSR count). The molecule has 2 N–H and O–H groups in total. The van der Waals surface area contributed by atoms with Crippen molar-refractivity contribution in [3.63, 3.8) is 0 Å². The first-order valence-corrected chi connectivity index (χ1v) is 12.2. The molecule has 1 heterocycles. The van der Waals surface area contributed by atoms with E-state index in [4.69, 9.17) is 16.3 Å². The van der Waals surface area contributed by atoms with Gasteiger partial charge in [-0.25, -0.2) is 4.98 Å². The van der Waals surface area contributed by atoms with Crippen LogP contribution in [0.2, 0.25) is 5.02 Å². The molecule has 0 unspecified atom stereocenters. The lowest BCUT2D eigenvalue weighted by Crippen LogP contribution is -2.34. The number of ether oxygens (including phenoxy) is 1. The van der Waals surface area contributed by atoms with E-state index in [9.17, 15) is 14.7 Å². The van der Waals surface area contributed by atoms with E-state index in [0.717, 1.165) is 36.8 Å². The van der Waals surface area contributed by atoms with Gasteiger partial charge in [0.2, 0.25) is 5.75 Å². The second kappa shape index (κ2) is 12.2. The zero-order valence-electron chi connectivity index (χ0n) is 19.8. The van der Waals surface area contributed by atoms with Crippen molar-refractivity contribution >= 4 is 17.5 Å². The minimum Gasteiger partial charge on any atom is -0.481 e. The van der Waals surface area contributed by atoms with Gasteiger partial charge in [-0.15, -0.1) is 0 Å². The van der Waals surface area contributed by atoms with Crippen LogP contribution in [0.25, 0.3) is 0 Å². The predicted molar refractivity (Wildman–Crippen MR) is 142 cm³/mol. The van der Waals surface area contributed by atoms with E-state index in [1.165, 1.54) is 4.90 Å². The molecule has 0 bridgehead atoms. The summed E-state index contributed by atoms with van der Waals surface area (Å²) in [4.78, 5) is 35.2. The Balaban J connectivity index is 0.00000361. The van der Waals surface area contributed by atoms with E-state index < -0.39 is 11.5 Å². The number of aromatic amines is 1. The Morgan fingerprint density at radius 1 is 1.14 bits per heavy atom. The number of nitrogens with zero attached hydrogens (tertiary/aromatic N) is 2. The van der Waals surface area contributed by atoms with E-state index >= 15 is 0 Å². The number of aliphatic hydroxyl groups excluding tert-OH is 1. The third-order valence-corrected chi connectivity index (χ3v) is 6.91. The van der Waals surface area contributed by atoms with Crippen LogP contribution in [-0.2, 0) is 18.4 Å². The molecule has 1 saturated carbocycles. The Morgan fingerprint density at radius 3 is 2.44 bits per heavy atom. The Hall–Kier alpha value is -3.16. The molecule has 0 aliphatic heterocycles. The number of nitrogens with one attached hydrogen (secondary N) is 1. The van der Waals surface area contributed by atoms with Crippen LogP contribution >= 0.6 is 11.6 Å². The summed E-state index contributed by atoms with van der Waals surface area (Å²) in [6.07, 6.45) is 4.57. The maximum absolute atomic E-state index is 13.2. The third kappa shape index (κ3) is 6.15. The molecule has 8 heteroatoms. The minimum absolute atomic E-state index is 0. The number of halogens is 1. The summed E-state index contributed by atoms with van der Waals surface area (Å²) in [5.74, 6) is -0.138. The smallest absolute Gasteiger partial charge is 0.294 e. The number of hydrogen-bond donors (Lipinski definition) is 2. The van der Waals surface area contributed by atoms with Gasteiger partial charge in [0.25, 0.3) is 11.5 Å². The molecule has 1 aliphatic carbocycles. The van der Waals surface area contributed by atoms with Crippen molar-refractivity contribution < 1.29 is 14.6 Å². The summed E-state index contributed by atoms with van der Waals surface area (Å²) >= 11 is 6.11. The van der Waals surface area contributed by atoms with Gasteiger partial charge in [-0.05, 0) is 36.1 Å². The van der Waals surface area contributed by atoms with Crippen molar-refractivity contribution in [1.82, 2.24) is 14.9 Å². The van der Waals surface area contributed by atoms with E-state index in [2.05, 4.69) is 9.97 Å². The van der Waals surface area contributed by atoms with Crippen molar-refractivity contribution in [3.8, 4) is 5.75 Å². The Morgan fingerprint density at radius 2 is 1.81 bits per heavy atom. The molecule has 1 fully saturated rings. The standard InChI is InChI=1S/C27H30ClN3O4.CH4/c1-31(15-16-32)26(34)23-24(35-18-19-7-3-2-4-8-19)25(33)30-22(29-23)17-27(13-5-6-14-27)20-9-11-21(28)12-10-20;/h2-4,7-12,32H,5-6,13-18H2,1H3,(H,29,30,33);1H4. The number of likely N-dealkylation sites (N-methyl/N-ethyl adjacent to an activating group) is 1. The van der Waals surface area contributed by atoms with E-state index in [1.54, 1.807) is 7.05 Å². The van der Waals surface area contributed by atoms with Gasteiger partial charge in [-0.2, -0.15) is 0 Å². The number of rotatable bonds is 9. The molecule has 0 saturated heterocycles. The number of hydrogen-bond acceptors (Lipinski definition) is 5. The topological polar surface area (TPSA) is 95.5 Å². The first-order valence-electron chi connectivity index (χ1n) is 11.8. The fraction of sp³-hybridized carbons (Fsp3) is 0.393. The average molecular weight is 512 g/mol. The number of carbonyl (C=O) groups is 1. The molecule has 1 amide bonds. The fourth-order valence-electron chi connectivity index (χ4n) is 4.78. The highest BCUT2D eigenvalue weighted by Gasteiger charge is 2.37. The molecule has 0 spiro atoms. The molecule has 36 heavy (non-hydrogen) atoms. The predicted octanol–water partition coefficient (Wildman–Crippen LogP) is 4.76. The van der Waals surface area contributed by atoms with Crippen molar-refractivity contribution in [1.29, 1.82) is 0 Å². The van der Waals surface area contributed by atoms with Crippen LogP contribution in [0.1, 0.15) is 60.5 Å². The summed E-state index contributed by atoms with van der Waals surface area (Å²) < 4.78 is 5.82. The Labute approximate surface area is 217 Å². The zero-order valence-corrected chi connectivity index (χ0v) is 20.6. The van der Waals surface area contributed by atoms with Crippen LogP contribution in [0.4, 0.5) is 0 Å². The summed E-state index contributed by atoms with van der Waals surface area (Å²) in [6, 6.07) is 17.2. The van der Waals surface area contributed by atoms with Crippen molar-refractivity contribution in [2.75, 3.05) is 20.2 Å². The van der Waals surface area contributed by atoms with Crippen LogP contribution in [-0.4, -0.2) is 46.1 Å². The molecule has 2 aromatic carbocycles. The van der Waals surface area contributed by atoms with Crippen LogP contribution in [0.5, 0.6) is 5.75 Å². The highest BCUT2D eigenvalue weighted by Crippen LogP contribution is 2.43. The number of aromatic nitrogens is 2. The number of amides is 1. The molecular formula is C28H34ClN3O4. The number of benzene rings is 2. The van der Waals surface area contributed by atoms with Gasteiger partial charge in [0.15, 0.2) is 5.69 Å². The lowest BCUT2D eigenvalue weighted by Gasteiger charge is -2.29. The van der Waals surface area contributed by atoms with Gasteiger partial charge < -0.3 is 19.7 Å². The maximum Gasteiger partial charge on any atom is 0.294 e. The fourth-order valence-corrected chi connectivity index (χ4v) is 4.90. The third-order valence-electron chi connectivity index (χ3n) is 6.66. The molecule has 0 atom stereocenters.